The Morgan fingerprint density at radius 1 is 1.29 bits per heavy atom. The lowest BCUT2D eigenvalue weighted by molar-refractivity contribution is 0.306. The summed E-state index contributed by atoms with van der Waals surface area (Å²) in [6.07, 6.45) is 6.06. The van der Waals surface area contributed by atoms with Gasteiger partial charge in [0.1, 0.15) is 12.4 Å². The van der Waals surface area contributed by atoms with Crippen molar-refractivity contribution in [2.24, 2.45) is 0 Å². The molecule has 1 fully saturated rings. The molecular formula is C17H22N6O. The van der Waals surface area contributed by atoms with Gasteiger partial charge in [-0.2, -0.15) is 4.98 Å². The van der Waals surface area contributed by atoms with Gasteiger partial charge in [0.05, 0.1) is 18.4 Å². The van der Waals surface area contributed by atoms with Gasteiger partial charge in [0.2, 0.25) is 5.95 Å². The van der Waals surface area contributed by atoms with Gasteiger partial charge in [-0.25, -0.2) is 9.97 Å². The molecule has 2 aliphatic rings. The normalized spacial score (nSPS) is 16.3. The second-order valence-corrected chi connectivity index (χ2v) is 6.24. The summed E-state index contributed by atoms with van der Waals surface area (Å²) in [7, 11) is 0. The van der Waals surface area contributed by atoms with Crippen molar-refractivity contribution >= 4 is 23.3 Å². The van der Waals surface area contributed by atoms with Crippen LogP contribution < -0.4 is 20.3 Å². The first kappa shape index (κ1) is 15.0. The average molecular weight is 326 g/mol. The molecule has 126 valence electrons. The van der Waals surface area contributed by atoms with Crippen molar-refractivity contribution in [3.63, 3.8) is 0 Å². The SMILES string of the molecule is CCN1CCOc2cc(Nc3ncc(C)c(NC4CC4)n3)cnc21. The second-order valence-electron chi connectivity index (χ2n) is 6.24. The smallest absolute Gasteiger partial charge is 0.229 e. The molecule has 0 bridgehead atoms. The fourth-order valence-electron chi connectivity index (χ4n) is 2.73. The third-order valence-corrected chi connectivity index (χ3v) is 4.28. The zero-order chi connectivity index (χ0) is 16.5. The monoisotopic (exact) mass is 326 g/mol. The molecule has 7 heteroatoms. The maximum Gasteiger partial charge on any atom is 0.229 e. The second kappa shape index (κ2) is 6.14. The van der Waals surface area contributed by atoms with Crippen LogP contribution in [0.5, 0.6) is 5.75 Å². The highest BCUT2D eigenvalue weighted by atomic mass is 16.5. The summed E-state index contributed by atoms with van der Waals surface area (Å²) in [6, 6.07) is 2.52. The van der Waals surface area contributed by atoms with Gasteiger partial charge >= 0.3 is 0 Å². The van der Waals surface area contributed by atoms with E-state index in [1.165, 1.54) is 12.8 Å². The highest BCUT2D eigenvalue weighted by molar-refractivity contribution is 5.64. The number of hydrogen-bond donors (Lipinski definition) is 2. The lowest BCUT2D eigenvalue weighted by atomic mass is 10.3. The van der Waals surface area contributed by atoms with Crippen LogP contribution >= 0.6 is 0 Å². The van der Waals surface area contributed by atoms with E-state index < -0.39 is 0 Å². The molecule has 0 radical (unpaired) electrons. The highest BCUT2D eigenvalue weighted by Gasteiger charge is 2.22. The quantitative estimate of drug-likeness (QED) is 0.875. The number of anilines is 4. The molecule has 2 N–H and O–H groups in total. The fraction of sp³-hybridized carbons (Fsp3) is 0.471. The molecule has 0 atom stereocenters. The molecule has 4 rings (SSSR count). The first-order valence-corrected chi connectivity index (χ1v) is 8.48. The number of rotatable bonds is 5. The van der Waals surface area contributed by atoms with Gasteiger partial charge in [0.25, 0.3) is 0 Å². The number of fused-ring (bicyclic) bond motifs is 1. The number of aromatic nitrogens is 3. The number of aryl methyl sites for hydroxylation is 1. The van der Waals surface area contributed by atoms with Crippen molar-refractivity contribution in [2.45, 2.75) is 32.7 Å². The maximum atomic E-state index is 5.74. The van der Waals surface area contributed by atoms with E-state index >= 15 is 0 Å². The summed E-state index contributed by atoms with van der Waals surface area (Å²) in [6.45, 7) is 6.62. The zero-order valence-electron chi connectivity index (χ0n) is 14.0. The summed E-state index contributed by atoms with van der Waals surface area (Å²) in [4.78, 5) is 15.7. The summed E-state index contributed by atoms with van der Waals surface area (Å²) >= 11 is 0. The topological polar surface area (TPSA) is 75.2 Å². The third-order valence-electron chi connectivity index (χ3n) is 4.28. The van der Waals surface area contributed by atoms with Crippen molar-refractivity contribution in [1.29, 1.82) is 0 Å². The highest BCUT2D eigenvalue weighted by Crippen LogP contribution is 2.32. The Hall–Kier alpha value is -2.57. The van der Waals surface area contributed by atoms with Crippen LogP contribution in [0.3, 0.4) is 0 Å². The lowest BCUT2D eigenvalue weighted by Crippen LogP contribution is -2.33. The van der Waals surface area contributed by atoms with Crippen LogP contribution in [-0.2, 0) is 0 Å². The summed E-state index contributed by atoms with van der Waals surface area (Å²) in [5.41, 5.74) is 1.88. The number of pyridine rings is 1. The molecule has 24 heavy (non-hydrogen) atoms. The summed E-state index contributed by atoms with van der Waals surface area (Å²) in [5.74, 6) is 3.16. The van der Waals surface area contributed by atoms with E-state index in [0.717, 1.165) is 41.7 Å². The molecule has 2 aromatic heterocycles. The summed E-state index contributed by atoms with van der Waals surface area (Å²) in [5, 5.41) is 6.66. The van der Waals surface area contributed by atoms with Gasteiger partial charge in [0.15, 0.2) is 11.6 Å². The predicted molar refractivity (Wildman–Crippen MR) is 94.3 cm³/mol. The van der Waals surface area contributed by atoms with E-state index in [-0.39, 0.29) is 0 Å². The van der Waals surface area contributed by atoms with E-state index in [0.29, 0.717) is 18.6 Å². The molecule has 0 aromatic carbocycles. The van der Waals surface area contributed by atoms with Gasteiger partial charge < -0.3 is 20.3 Å². The average Bonchev–Trinajstić information content (AvgIpc) is 3.41. The minimum atomic E-state index is 0.560. The fourth-order valence-corrected chi connectivity index (χ4v) is 2.73. The van der Waals surface area contributed by atoms with Crippen molar-refractivity contribution in [3.05, 3.63) is 24.0 Å². The van der Waals surface area contributed by atoms with E-state index in [9.17, 15) is 0 Å². The number of nitrogens with one attached hydrogen (secondary N) is 2. The number of nitrogens with zero attached hydrogens (tertiary/aromatic N) is 4. The van der Waals surface area contributed by atoms with E-state index in [2.05, 4.69) is 37.4 Å². The minimum Gasteiger partial charge on any atom is -0.488 e. The van der Waals surface area contributed by atoms with Crippen LogP contribution in [0.2, 0.25) is 0 Å². The molecule has 3 heterocycles. The molecule has 0 unspecified atom stereocenters. The van der Waals surface area contributed by atoms with E-state index in [1.54, 1.807) is 6.20 Å². The molecular weight excluding hydrogens is 304 g/mol. The van der Waals surface area contributed by atoms with Crippen LogP contribution in [0.4, 0.5) is 23.3 Å². The Kier molecular flexibility index (Phi) is 3.84. The Morgan fingerprint density at radius 2 is 2.17 bits per heavy atom. The molecule has 1 aliphatic carbocycles. The molecule has 0 spiro atoms. The number of ether oxygens (including phenoxy) is 1. The molecule has 1 aliphatic heterocycles. The minimum absolute atomic E-state index is 0.560. The van der Waals surface area contributed by atoms with Crippen molar-refractivity contribution in [1.82, 2.24) is 15.0 Å². The standard InChI is InChI=1S/C17H22N6O/c1-3-23-6-7-24-14-8-13(10-18-16(14)23)21-17-19-9-11(2)15(22-17)20-12-4-5-12/h8-10,12H,3-7H2,1-2H3,(H2,19,20,21,22). The van der Waals surface area contributed by atoms with Gasteiger partial charge in [-0.05, 0) is 26.7 Å². The molecule has 1 saturated carbocycles. The number of likely N-dealkylation sites (N-methyl/N-ethyl adjacent to an activating group) is 1. The summed E-state index contributed by atoms with van der Waals surface area (Å²) < 4.78 is 5.74. The van der Waals surface area contributed by atoms with Crippen LogP contribution in [0.15, 0.2) is 18.5 Å². The third kappa shape index (κ3) is 3.06. The maximum absolute atomic E-state index is 5.74. The van der Waals surface area contributed by atoms with Crippen LogP contribution in [-0.4, -0.2) is 40.7 Å². The first-order chi connectivity index (χ1) is 11.7. The van der Waals surface area contributed by atoms with Crippen LogP contribution in [0, 0.1) is 6.92 Å². The largest absolute Gasteiger partial charge is 0.488 e. The first-order valence-electron chi connectivity index (χ1n) is 8.48. The van der Waals surface area contributed by atoms with E-state index in [4.69, 9.17) is 4.74 Å². The lowest BCUT2D eigenvalue weighted by Gasteiger charge is -2.29. The zero-order valence-corrected chi connectivity index (χ0v) is 14.0. The Balaban J connectivity index is 1.55. The van der Waals surface area contributed by atoms with Gasteiger partial charge in [-0.15, -0.1) is 0 Å². The van der Waals surface area contributed by atoms with Gasteiger partial charge in [-0.1, -0.05) is 0 Å². The Labute approximate surface area is 141 Å². The van der Waals surface area contributed by atoms with Crippen molar-refractivity contribution in [3.8, 4) is 5.75 Å². The number of hydrogen-bond acceptors (Lipinski definition) is 7. The van der Waals surface area contributed by atoms with Crippen molar-refractivity contribution in [2.75, 3.05) is 35.2 Å². The molecule has 0 saturated heterocycles. The molecule has 2 aromatic rings. The van der Waals surface area contributed by atoms with Crippen molar-refractivity contribution < 1.29 is 4.74 Å². The molecule has 7 nitrogen and oxygen atoms in total. The van der Waals surface area contributed by atoms with Crippen LogP contribution in [0.25, 0.3) is 0 Å². The predicted octanol–water partition coefficient (Wildman–Crippen LogP) is 2.72. The van der Waals surface area contributed by atoms with E-state index in [1.807, 2.05) is 19.2 Å². The Morgan fingerprint density at radius 3 is 2.96 bits per heavy atom. The van der Waals surface area contributed by atoms with Gasteiger partial charge in [0, 0.05) is 30.4 Å². The van der Waals surface area contributed by atoms with Gasteiger partial charge in [-0.3, -0.25) is 0 Å². The molecule has 0 amide bonds. The van der Waals surface area contributed by atoms with Crippen LogP contribution in [0.1, 0.15) is 25.3 Å². The Bertz CT molecular complexity index is 746.